The Morgan fingerprint density at radius 1 is 1.59 bits per heavy atom. The van der Waals surface area contributed by atoms with Crippen LogP contribution in [-0.4, -0.2) is 21.1 Å². The van der Waals surface area contributed by atoms with E-state index in [1.54, 1.807) is 6.07 Å². The zero-order chi connectivity index (χ0) is 16.6. The van der Waals surface area contributed by atoms with Crippen LogP contribution in [0, 0.1) is 23.0 Å². The minimum Gasteiger partial charge on any atom is -0.513 e. The van der Waals surface area contributed by atoms with E-state index in [4.69, 9.17) is 5.73 Å². The summed E-state index contributed by atoms with van der Waals surface area (Å²) in [7, 11) is 1.87. The van der Waals surface area contributed by atoms with E-state index in [2.05, 4.69) is 22.5 Å². The number of nitrogens with zero attached hydrogens (tertiary/aromatic N) is 2. The van der Waals surface area contributed by atoms with E-state index < -0.39 is 0 Å². The molecule has 0 radical (unpaired) electrons. The Hall–Kier alpha value is -1.86. The zero-order valence-electron chi connectivity index (χ0n) is 12.5. The molecule has 0 aliphatic heterocycles. The second-order valence-electron chi connectivity index (χ2n) is 5.30. The average Bonchev–Trinajstić information content (AvgIpc) is 2.68. The van der Waals surface area contributed by atoms with Gasteiger partial charge in [0.2, 0.25) is 0 Å². The highest BCUT2D eigenvalue weighted by Crippen LogP contribution is 2.39. The maximum atomic E-state index is 11.5. The fourth-order valence-electron chi connectivity index (χ4n) is 2.71. The smallest absolute Gasteiger partial charge is 0.293 e. The van der Waals surface area contributed by atoms with Gasteiger partial charge in [-0.2, -0.15) is 0 Å². The second kappa shape index (κ2) is 6.10. The monoisotopic (exact) mass is 367 g/mol. The number of halogens is 1. The Morgan fingerprint density at radius 3 is 2.73 bits per heavy atom. The summed E-state index contributed by atoms with van der Waals surface area (Å²) >= 11 is 3.26. The van der Waals surface area contributed by atoms with Gasteiger partial charge in [-0.3, -0.25) is 10.1 Å². The maximum Gasteiger partial charge on any atom is 0.293 e. The molecule has 6 nitrogen and oxygen atoms in total. The third kappa shape index (κ3) is 2.62. The second-order valence-corrected chi connectivity index (χ2v) is 6.15. The fourth-order valence-corrected chi connectivity index (χ4v) is 3.18. The predicted molar refractivity (Wildman–Crippen MR) is 90.0 cm³/mol. The molecule has 2 rings (SSSR count). The normalized spacial score (nSPS) is 12.5. The van der Waals surface area contributed by atoms with Crippen molar-refractivity contribution in [3.63, 3.8) is 0 Å². The predicted octanol–water partition coefficient (Wildman–Crippen LogP) is 3.35. The van der Waals surface area contributed by atoms with Gasteiger partial charge in [0.05, 0.1) is 26.1 Å². The number of hydrogen-bond donors (Lipinski definition) is 2. The van der Waals surface area contributed by atoms with Crippen molar-refractivity contribution < 1.29 is 10.0 Å². The Bertz CT molecular complexity index is 767. The van der Waals surface area contributed by atoms with Gasteiger partial charge < -0.3 is 15.4 Å². The molecule has 3 N–H and O–H groups in total. The van der Waals surface area contributed by atoms with Crippen LogP contribution >= 0.6 is 15.9 Å². The van der Waals surface area contributed by atoms with E-state index in [9.17, 15) is 15.2 Å². The summed E-state index contributed by atoms with van der Waals surface area (Å²) in [6, 6.07) is 3.52. The highest BCUT2D eigenvalue weighted by Gasteiger charge is 2.26. The topological polar surface area (TPSA) is 94.3 Å². The van der Waals surface area contributed by atoms with Crippen molar-refractivity contribution in [3.05, 3.63) is 50.3 Å². The van der Waals surface area contributed by atoms with Gasteiger partial charge in [-0.25, -0.2) is 0 Å². The first-order chi connectivity index (χ1) is 10.3. The van der Waals surface area contributed by atoms with Gasteiger partial charge in [0.25, 0.3) is 5.69 Å². The Labute approximate surface area is 136 Å². The number of fused-ring (bicyclic) bond motifs is 1. The van der Waals surface area contributed by atoms with Crippen molar-refractivity contribution in [2.75, 3.05) is 6.54 Å². The molecule has 0 spiro atoms. The van der Waals surface area contributed by atoms with Crippen LogP contribution in [0.25, 0.3) is 10.9 Å². The highest BCUT2D eigenvalue weighted by molar-refractivity contribution is 9.10. The molecule has 1 heterocycles. The molecule has 1 atom stereocenters. The number of aryl methyl sites for hydroxylation is 1. The van der Waals surface area contributed by atoms with Gasteiger partial charge in [-0.1, -0.05) is 6.58 Å². The number of rotatable bonds is 5. The minimum absolute atomic E-state index is 0.00319. The first-order valence-corrected chi connectivity index (χ1v) is 7.57. The molecule has 0 saturated heterocycles. The number of aliphatic hydroxyl groups is 1. The van der Waals surface area contributed by atoms with E-state index in [0.29, 0.717) is 16.3 Å². The van der Waals surface area contributed by atoms with E-state index >= 15 is 0 Å². The molecule has 1 aromatic heterocycles. The van der Waals surface area contributed by atoms with Crippen molar-refractivity contribution >= 4 is 32.5 Å². The van der Waals surface area contributed by atoms with E-state index in [-0.39, 0.29) is 28.8 Å². The molecule has 0 fully saturated rings. The Balaban J connectivity index is 2.77. The van der Waals surface area contributed by atoms with Crippen LogP contribution in [0.15, 0.2) is 28.9 Å². The molecule has 7 heteroatoms. The highest BCUT2D eigenvalue weighted by atomic mass is 79.9. The molecule has 1 aromatic carbocycles. The quantitative estimate of drug-likeness (QED) is 0.481. The van der Waals surface area contributed by atoms with Crippen molar-refractivity contribution in [2.45, 2.75) is 13.3 Å². The van der Waals surface area contributed by atoms with Gasteiger partial charge in [-0.15, -0.1) is 0 Å². The molecule has 0 saturated carbocycles. The van der Waals surface area contributed by atoms with Crippen molar-refractivity contribution in [1.82, 2.24) is 4.57 Å². The van der Waals surface area contributed by atoms with Crippen LogP contribution in [-0.2, 0) is 13.5 Å². The molecule has 118 valence electrons. The molecule has 22 heavy (non-hydrogen) atoms. The summed E-state index contributed by atoms with van der Waals surface area (Å²) in [6.45, 7) is 5.67. The largest absolute Gasteiger partial charge is 0.513 e. The lowest BCUT2D eigenvalue weighted by atomic mass is 9.95. The van der Waals surface area contributed by atoms with Crippen LogP contribution < -0.4 is 5.73 Å². The number of nitro groups is 1. The molecule has 0 amide bonds. The molecule has 0 aliphatic carbocycles. The van der Waals surface area contributed by atoms with Crippen molar-refractivity contribution in [1.29, 1.82) is 0 Å². The standard InChI is InChI=1S/C15H18BrN3O3/c1-8-11(6-10(7-17)9(2)20)14-13(18(8)3)5-4-12(16)15(14)19(21)22/h4-5,10,20H,2,6-7,17H2,1,3H3. The first kappa shape index (κ1) is 16.5. The van der Waals surface area contributed by atoms with Gasteiger partial charge in [0.15, 0.2) is 0 Å². The molecule has 0 aliphatic rings. The van der Waals surface area contributed by atoms with Crippen LogP contribution in [0.5, 0.6) is 0 Å². The average molecular weight is 368 g/mol. The SMILES string of the molecule is C=C(O)C(CN)Cc1c(C)n(C)c2ccc(Br)c([N+](=O)[O-])c12. The first-order valence-electron chi connectivity index (χ1n) is 6.78. The molecule has 2 aromatic rings. The lowest BCUT2D eigenvalue weighted by Gasteiger charge is -2.13. The summed E-state index contributed by atoms with van der Waals surface area (Å²) < 4.78 is 2.35. The van der Waals surface area contributed by atoms with E-state index in [1.807, 2.05) is 24.6 Å². The third-order valence-corrected chi connectivity index (χ3v) is 4.74. The third-order valence-electron chi connectivity index (χ3n) is 4.10. The van der Waals surface area contributed by atoms with Crippen molar-refractivity contribution in [3.8, 4) is 0 Å². The summed E-state index contributed by atoms with van der Waals surface area (Å²) in [5, 5.41) is 21.7. The fraction of sp³-hybridized carbons (Fsp3) is 0.333. The number of benzene rings is 1. The van der Waals surface area contributed by atoms with Crippen LogP contribution in [0.4, 0.5) is 5.69 Å². The lowest BCUT2D eigenvalue weighted by Crippen LogP contribution is -2.19. The number of aliphatic hydroxyl groups excluding tert-OH is 1. The van der Waals surface area contributed by atoms with Crippen LogP contribution in [0.1, 0.15) is 11.3 Å². The van der Waals surface area contributed by atoms with Gasteiger partial charge in [0, 0.05) is 25.2 Å². The van der Waals surface area contributed by atoms with Gasteiger partial charge >= 0.3 is 0 Å². The van der Waals surface area contributed by atoms with Crippen LogP contribution in [0.3, 0.4) is 0 Å². The van der Waals surface area contributed by atoms with Crippen LogP contribution in [0.2, 0.25) is 0 Å². The lowest BCUT2D eigenvalue weighted by molar-refractivity contribution is -0.383. The number of aromatic nitrogens is 1. The molecule has 1 unspecified atom stereocenters. The van der Waals surface area contributed by atoms with Gasteiger partial charge in [0.1, 0.15) is 0 Å². The maximum absolute atomic E-state index is 11.5. The number of hydrogen-bond acceptors (Lipinski definition) is 4. The van der Waals surface area contributed by atoms with Crippen molar-refractivity contribution in [2.24, 2.45) is 18.7 Å². The molecular weight excluding hydrogens is 350 g/mol. The molecule has 0 bridgehead atoms. The summed E-state index contributed by atoms with van der Waals surface area (Å²) in [5.74, 6) is -0.334. The number of nitro benzene ring substituents is 1. The Kier molecular flexibility index (Phi) is 4.58. The van der Waals surface area contributed by atoms with Gasteiger partial charge in [-0.05, 0) is 47.0 Å². The summed E-state index contributed by atoms with van der Waals surface area (Å²) in [4.78, 5) is 11.1. The summed E-state index contributed by atoms with van der Waals surface area (Å²) in [5.41, 5.74) is 8.23. The van der Waals surface area contributed by atoms with E-state index in [1.165, 1.54) is 0 Å². The zero-order valence-corrected chi connectivity index (χ0v) is 14.1. The molecular formula is C15H18BrN3O3. The summed E-state index contributed by atoms with van der Waals surface area (Å²) in [6.07, 6.45) is 0.409. The number of nitrogens with two attached hydrogens (primary N) is 1. The minimum atomic E-state index is -0.388. The van der Waals surface area contributed by atoms with E-state index in [0.717, 1.165) is 16.8 Å². The Morgan fingerprint density at radius 2 is 2.23 bits per heavy atom.